The molecule has 20 heavy (non-hydrogen) atoms. The molecule has 6 heteroatoms. The number of oxazole rings is 1. The number of fused-ring (bicyclic) bond motifs is 1. The Hall–Kier alpha value is -2.89. The fourth-order valence-electron chi connectivity index (χ4n) is 1.97. The lowest BCUT2D eigenvalue weighted by atomic mass is 10.1. The third-order valence-electron chi connectivity index (χ3n) is 2.91. The number of nitrogen functional groups attached to an aromatic ring is 1. The Labute approximate surface area is 114 Å². The zero-order valence-electron chi connectivity index (χ0n) is 10.8. The fraction of sp³-hybridized carbons (Fsp3) is 0.0714. The molecule has 0 aliphatic rings. The molecule has 0 radical (unpaired) electrons. The van der Waals surface area contributed by atoms with Crippen LogP contribution in [0.2, 0.25) is 0 Å². The minimum atomic E-state index is -0.337. The van der Waals surface area contributed by atoms with Crippen LogP contribution < -0.4 is 11.1 Å². The van der Waals surface area contributed by atoms with Crippen LogP contribution >= 0.6 is 0 Å². The van der Waals surface area contributed by atoms with Crippen LogP contribution in [0.15, 0.2) is 41.1 Å². The Bertz CT molecular complexity index is 795. The van der Waals surface area contributed by atoms with Crippen LogP contribution in [0.25, 0.3) is 10.8 Å². The number of nitrogens with one attached hydrogen (secondary N) is 1. The second kappa shape index (κ2) is 4.65. The number of rotatable bonds is 2. The quantitative estimate of drug-likeness (QED) is 0.744. The molecule has 0 bridgehead atoms. The Morgan fingerprint density at radius 3 is 2.75 bits per heavy atom. The smallest absolute Gasteiger partial charge is 0.301 e. The molecular formula is C14H12N4O2. The van der Waals surface area contributed by atoms with Crippen LogP contribution in [0.5, 0.6) is 0 Å². The Morgan fingerprint density at radius 2 is 2.05 bits per heavy atom. The average molecular weight is 268 g/mol. The molecule has 1 amide bonds. The van der Waals surface area contributed by atoms with Crippen molar-refractivity contribution in [1.82, 2.24) is 9.97 Å². The monoisotopic (exact) mass is 268 g/mol. The van der Waals surface area contributed by atoms with Crippen molar-refractivity contribution >= 4 is 28.5 Å². The van der Waals surface area contributed by atoms with Gasteiger partial charge >= 0.3 is 6.01 Å². The number of pyridine rings is 1. The number of carbonyl (C=O) groups is 1. The second-order valence-electron chi connectivity index (χ2n) is 4.35. The molecule has 0 spiro atoms. The van der Waals surface area contributed by atoms with Gasteiger partial charge in [-0.3, -0.25) is 10.1 Å². The first-order valence-corrected chi connectivity index (χ1v) is 6.02. The van der Waals surface area contributed by atoms with E-state index in [0.29, 0.717) is 17.1 Å². The number of nitrogens with two attached hydrogens (primary N) is 1. The summed E-state index contributed by atoms with van der Waals surface area (Å²) in [6, 6.07) is 7.49. The first kappa shape index (κ1) is 12.2. The van der Waals surface area contributed by atoms with E-state index in [9.17, 15) is 4.79 Å². The van der Waals surface area contributed by atoms with Gasteiger partial charge in [-0.15, -0.1) is 0 Å². The maximum Gasteiger partial charge on any atom is 0.301 e. The van der Waals surface area contributed by atoms with Crippen LogP contribution in [0.1, 0.15) is 16.1 Å². The Morgan fingerprint density at radius 1 is 1.30 bits per heavy atom. The molecule has 0 unspecified atom stereocenters. The minimum Gasteiger partial charge on any atom is -0.432 e. The van der Waals surface area contributed by atoms with E-state index in [2.05, 4.69) is 15.3 Å². The van der Waals surface area contributed by atoms with Crippen LogP contribution in [0.3, 0.4) is 0 Å². The van der Waals surface area contributed by atoms with Crippen molar-refractivity contribution in [3.8, 4) is 0 Å². The number of nitrogens with zero attached hydrogens (tertiary/aromatic N) is 2. The van der Waals surface area contributed by atoms with Crippen molar-refractivity contribution in [2.45, 2.75) is 6.92 Å². The first-order valence-electron chi connectivity index (χ1n) is 6.02. The van der Waals surface area contributed by atoms with E-state index < -0.39 is 0 Å². The third-order valence-corrected chi connectivity index (χ3v) is 2.91. The number of carbonyl (C=O) groups excluding carboxylic acids is 1. The Kier molecular flexibility index (Phi) is 2.83. The standard InChI is InChI=1S/C14H12N4O2/c1-8-7-20-14(17-8)18-13(19)11-6-16-12(15)10-5-3-2-4-9(10)11/h2-7H,1H3,(H2,15,16)(H,17,18,19). The highest BCUT2D eigenvalue weighted by Gasteiger charge is 2.14. The largest absolute Gasteiger partial charge is 0.432 e. The predicted octanol–water partition coefficient (Wildman–Crippen LogP) is 2.37. The normalized spacial score (nSPS) is 10.7. The van der Waals surface area contributed by atoms with Gasteiger partial charge in [-0.25, -0.2) is 4.98 Å². The minimum absolute atomic E-state index is 0.161. The highest BCUT2D eigenvalue weighted by molar-refractivity contribution is 6.13. The molecular weight excluding hydrogens is 256 g/mol. The third kappa shape index (κ3) is 2.07. The summed E-state index contributed by atoms with van der Waals surface area (Å²) < 4.78 is 5.10. The van der Waals surface area contributed by atoms with E-state index in [4.69, 9.17) is 10.2 Å². The van der Waals surface area contributed by atoms with Crippen molar-refractivity contribution in [3.63, 3.8) is 0 Å². The molecule has 3 rings (SSSR count). The van der Waals surface area contributed by atoms with Crippen molar-refractivity contribution in [3.05, 3.63) is 48.0 Å². The molecule has 0 saturated carbocycles. The number of benzene rings is 1. The number of hydrogen-bond acceptors (Lipinski definition) is 5. The van der Waals surface area contributed by atoms with E-state index in [0.717, 1.165) is 10.8 Å². The summed E-state index contributed by atoms with van der Waals surface area (Å²) in [5.41, 5.74) is 6.92. The van der Waals surface area contributed by atoms with Gasteiger partial charge in [0.25, 0.3) is 5.91 Å². The van der Waals surface area contributed by atoms with Gasteiger partial charge in [0.05, 0.1) is 11.3 Å². The molecule has 3 aromatic rings. The van der Waals surface area contributed by atoms with Crippen molar-refractivity contribution in [2.24, 2.45) is 0 Å². The van der Waals surface area contributed by atoms with E-state index in [-0.39, 0.29) is 11.9 Å². The zero-order chi connectivity index (χ0) is 14.1. The van der Waals surface area contributed by atoms with Crippen molar-refractivity contribution in [2.75, 3.05) is 11.1 Å². The van der Waals surface area contributed by atoms with Gasteiger partial charge < -0.3 is 10.2 Å². The number of aryl methyl sites for hydroxylation is 1. The lowest BCUT2D eigenvalue weighted by molar-refractivity contribution is 0.102. The molecule has 0 saturated heterocycles. The van der Waals surface area contributed by atoms with E-state index in [1.807, 2.05) is 24.3 Å². The summed E-state index contributed by atoms with van der Waals surface area (Å²) in [7, 11) is 0. The van der Waals surface area contributed by atoms with Gasteiger partial charge in [0, 0.05) is 11.6 Å². The van der Waals surface area contributed by atoms with E-state index in [1.54, 1.807) is 6.92 Å². The topological polar surface area (TPSA) is 94.0 Å². The van der Waals surface area contributed by atoms with Crippen LogP contribution in [-0.4, -0.2) is 15.9 Å². The van der Waals surface area contributed by atoms with Gasteiger partial charge in [0.2, 0.25) is 0 Å². The molecule has 6 nitrogen and oxygen atoms in total. The summed E-state index contributed by atoms with van der Waals surface area (Å²) in [5.74, 6) is 0.0552. The molecule has 0 aliphatic carbocycles. The summed E-state index contributed by atoms with van der Waals surface area (Å²) in [6.07, 6.45) is 2.91. The number of anilines is 2. The molecule has 0 aliphatic heterocycles. The molecule has 2 heterocycles. The van der Waals surface area contributed by atoms with Gasteiger partial charge in [0.1, 0.15) is 12.1 Å². The summed E-state index contributed by atoms with van der Waals surface area (Å²) in [4.78, 5) is 20.3. The summed E-state index contributed by atoms with van der Waals surface area (Å²) in [6.45, 7) is 1.78. The summed E-state index contributed by atoms with van der Waals surface area (Å²) in [5, 5.41) is 4.07. The van der Waals surface area contributed by atoms with Crippen LogP contribution in [0, 0.1) is 6.92 Å². The lowest BCUT2D eigenvalue weighted by Crippen LogP contribution is -2.13. The molecule has 1 aromatic carbocycles. The van der Waals surface area contributed by atoms with E-state index >= 15 is 0 Å². The van der Waals surface area contributed by atoms with Gasteiger partial charge in [-0.1, -0.05) is 24.3 Å². The highest BCUT2D eigenvalue weighted by Crippen LogP contribution is 2.23. The first-order chi connectivity index (χ1) is 9.65. The molecule has 0 atom stereocenters. The zero-order valence-corrected chi connectivity index (χ0v) is 10.8. The Balaban J connectivity index is 2.01. The van der Waals surface area contributed by atoms with Crippen LogP contribution in [-0.2, 0) is 0 Å². The highest BCUT2D eigenvalue weighted by atomic mass is 16.4. The SMILES string of the molecule is Cc1coc(NC(=O)c2cnc(N)c3ccccc23)n1. The van der Waals surface area contributed by atoms with Crippen molar-refractivity contribution in [1.29, 1.82) is 0 Å². The van der Waals surface area contributed by atoms with E-state index in [1.165, 1.54) is 12.5 Å². The second-order valence-corrected chi connectivity index (χ2v) is 4.35. The average Bonchev–Trinajstić information content (AvgIpc) is 2.84. The van der Waals surface area contributed by atoms with Gasteiger partial charge in [-0.2, -0.15) is 4.98 Å². The number of amides is 1. The molecule has 3 N–H and O–H groups in total. The fourth-order valence-corrected chi connectivity index (χ4v) is 1.97. The lowest BCUT2D eigenvalue weighted by Gasteiger charge is -2.07. The van der Waals surface area contributed by atoms with Gasteiger partial charge in [-0.05, 0) is 12.3 Å². The van der Waals surface area contributed by atoms with Gasteiger partial charge in [0.15, 0.2) is 0 Å². The maximum atomic E-state index is 12.3. The predicted molar refractivity (Wildman–Crippen MR) is 75.3 cm³/mol. The maximum absolute atomic E-state index is 12.3. The number of aromatic nitrogens is 2. The van der Waals surface area contributed by atoms with Crippen molar-refractivity contribution < 1.29 is 9.21 Å². The molecule has 0 fully saturated rings. The number of hydrogen-bond donors (Lipinski definition) is 2. The summed E-state index contributed by atoms with van der Waals surface area (Å²) >= 11 is 0. The molecule has 2 aromatic heterocycles. The van der Waals surface area contributed by atoms with Crippen LogP contribution in [0.4, 0.5) is 11.8 Å². The molecule has 100 valence electrons.